The van der Waals surface area contributed by atoms with Crippen LogP contribution in [0.1, 0.15) is 42.9 Å². The van der Waals surface area contributed by atoms with E-state index < -0.39 is 11.3 Å². The van der Waals surface area contributed by atoms with E-state index in [-0.39, 0.29) is 29.9 Å². The molecule has 0 bridgehead atoms. The molecule has 2 unspecified atom stereocenters. The Labute approximate surface area is 242 Å². The average molecular weight is 570 g/mol. The van der Waals surface area contributed by atoms with Crippen LogP contribution in [-0.2, 0) is 9.59 Å². The van der Waals surface area contributed by atoms with E-state index in [9.17, 15) is 14.4 Å². The van der Waals surface area contributed by atoms with Crippen molar-refractivity contribution >= 4 is 41.0 Å². The fraction of sp³-hybridized carbons (Fsp3) is 0.290. The summed E-state index contributed by atoms with van der Waals surface area (Å²) in [5.41, 5.74) is 3.16. The first-order valence-electron chi connectivity index (χ1n) is 13.7. The first kappa shape index (κ1) is 26.9. The minimum absolute atomic E-state index is 0.00286. The molecule has 210 valence electrons. The van der Waals surface area contributed by atoms with Crippen LogP contribution in [0.15, 0.2) is 78.5 Å². The van der Waals surface area contributed by atoms with Gasteiger partial charge in [0.05, 0.1) is 17.4 Å². The number of carbonyl (C=O) groups excluding carboxylic acids is 3. The van der Waals surface area contributed by atoms with Gasteiger partial charge in [-0.25, -0.2) is 9.78 Å². The largest absolute Gasteiger partial charge is 0.457 e. The molecule has 3 aliphatic rings. The monoisotopic (exact) mass is 569 g/mol. The van der Waals surface area contributed by atoms with Gasteiger partial charge in [0.2, 0.25) is 11.8 Å². The van der Waals surface area contributed by atoms with Crippen LogP contribution in [0.2, 0.25) is 0 Å². The SMILES string of the molecule is C=CC(=O)N[C@H]1CCC[C@@H](NC(=O)C2Sc3nccc4c3C2NC(=O)N4c2ccc(Oc3ccccc3)cc2C)C1. The minimum Gasteiger partial charge on any atom is -0.457 e. The summed E-state index contributed by atoms with van der Waals surface area (Å²) in [5.74, 6) is 1.06. The molecule has 3 heterocycles. The van der Waals surface area contributed by atoms with Crippen molar-refractivity contribution in [1.29, 1.82) is 0 Å². The molecule has 1 saturated carbocycles. The highest BCUT2D eigenvalue weighted by Crippen LogP contribution is 2.51. The van der Waals surface area contributed by atoms with E-state index in [1.807, 2.05) is 61.5 Å². The van der Waals surface area contributed by atoms with Gasteiger partial charge in [0, 0.05) is 23.8 Å². The van der Waals surface area contributed by atoms with Gasteiger partial charge in [-0.1, -0.05) is 36.5 Å². The number of pyridine rings is 1. The highest BCUT2D eigenvalue weighted by molar-refractivity contribution is 8.01. The molecule has 10 heteroatoms. The van der Waals surface area contributed by atoms with Crippen molar-refractivity contribution in [2.45, 2.75) is 61.0 Å². The van der Waals surface area contributed by atoms with E-state index in [4.69, 9.17) is 4.74 Å². The highest BCUT2D eigenvalue weighted by Gasteiger charge is 2.47. The predicted molar refractivity (Wildman–Crippen MR) is 158 cm³/mol. The zero-order valence-electron chi connectivity index (χ0n) is 22.6. The van der Waals surface area contributed by atoms with Gasteiger partial charge in [-0.3, -0.25) is 14.5 Å². The fourth-order valence-corrected chi connectivity index (χ4v) is 7.06. The number of anilines is 2. The third-order valence-corrected chi connectivity index (χ3v) is 8.99. The van der Waals surface area contributed by atoms with Crippen molar-refractivity contribution in [3.8, 4) is 11.5 Å². The first-order chi connectivity index (χ1) is 19.9. The maximum absolute atomic E-state index is 13.6. The maximum Gasteiger partial charge on any atom is 0.327 e. The second kappa shape index (κ2) is 11.3. The molecule has 1 aromatic heterocycles. The number of nitrogens with zero attached hydrogens (tertiary/aromatic N) is 2. The lowest BCUT2D eigenvalue weighted by molar-refractivity contribution is -0.121. The van der Waals surface area contributed by atoms with Crippen LogP contribution < -0.4 is 25.6 Å². The Hall–Kier alpha value is -4.31. The van der Waals surface area contributed by atoms with Crippen LogP contribution in [0.4, 0.5) is 16.2 Å². The van der Waals surface area contributed by atoms with Gasteiger partial charge in [-0.2, -0.15) is 0 Å². The molecule has 0 saturated heterocycles. The van der Waals surface area contributed by atoms with Gasteiger partial charge in [-0.05, 0) is 80.6 Å². The standard InChI is InChI=1S/C31H31N5O4S/c1-3-25(37)33-19-8-7-9-20(17-19)34-29(38)28-27-26-24(14-15-32-30(26)41-28)36(31(39)35-27)23-13-12-22(16-18(23)2)40-21-10-5-4-6-11-21/h3-6,10-16,19-20,27-28H,1,7-9,17H2,2H3,(H,33,37)(H,34,38)(H,35,39)/t19-,20+,27?,28?/m0/s1. The maximum atomic E-state index is 13.6. The van der Waals surface area contributed by atoms with Crippen molar-refractivity contribution < 1.29 is 19.1 Å². The van der Waals surface area contributed by atoms with Gasteiger partial charge >= 0.3 is 6.03 Å². The number of nitrogens with one attached hydrogen (secondary N) is 3. The fourth-order valence-electron chi connectivity index (χ4n) is 5.83. The number of benzene rings is 2. The topological polar surface area (TPSA) is 113 Å². The summed E-state index contributed by atoms with van der Waals surface area (Å²) in [6.07, 6.45) is 6.22. The van der Waals surface area contributed by atoms with Gasteiger partial charge < -0.3 is 20.7 Å². The van der Waals surface area contributed by atoms with Crippen LogP contribution in [0.25, 0.3) is 0 Å². The third kappa shape index (κ3) is 5.39. The number of urea groups is 1. The second-order valence-corrected chi connectivity index (χ2v) is 11.6. The predicted octanol–water partition coefficient (Wildman–Crippen LogP) is 5.29. The molecule has 3 aromatic rings. The molecule has 4 atom stereocenters. The molecular weight excluding hydrogens is 538 g/mol. The summed E-state index contributed by atoms with van der Waals surface area (Å²) in [5, 5.41) is 9.39. The normalized spacial score (nSPS) is 22.8. The summed E-state index contributed by atoms with van der Waals surface area (Å²) in [4.78, 5) is 45.1. The lowest BCUT2D eigenvalue weighted by Crippen LogP contribution is -2.51. The van der Waals surface area contributed by atoms with E-state index in [1.165, 1.54) is 17.8 Å². The minimum atomic E-state index is -0.546. The summed E-state index contributed by atoms with van der Waals surface area (Å²) >= 11 is 1.37. The van der Waals surface area contributed by atoms with Crippen molar-refractivity contribution in [2.24, 2.45) is 0 Å². The Bertz CT molecular complexity index is 1510. The zero-order chi connectivity index (χ0) is 28.5. The first-order valence-corrected chi connectivity index (χ1v) is 14.6. The molecule has 0 radical (unpaired) electrons. The molecule has 6 rings (SSSR count). The van der Waals surface area contributed by atoms with Gasteiger partial charge in [-0.15, -0.1) is 0 Å². The van der Waals surface area contributed by atoms with E-state index in [0.29, 0.717) is 12.2 Å². The average Bonchev–Trinajstić information content (AvgIpc) is 3.34. The van der Waals surface area contributed by atoms with Crippen molar-refractivity contribution in [1.82, 2.24) is 20.9 Å². The molecule has 0 spiro atoms. The molecule has 2 aromatic carbocycles. The van der Waals surface area contributed by atoms with Gasteiger partial charge in [0.1, 0.15) is 21.8 Å². The molecule has 1 aliphatic carbocycles. The zero-order valence-corrected chi connectivity index (χ0v) is 23.4. The number of hydrogen-bond acceptors (Lipinski definition) is 6. The van der Waals surface area contributed by atoms with E-state index in [0.717, 1.165) is 52.5 Å². The molecule has 2 aliphatic heterocycles. The van der Waals surface area contributed by atoms with E-state index >= 15 is 0 Å². The summed E-state index contributed by atoms with van der Waals surface area (Å²) < 4.78 is 5.98. The highest BCUT2D eigenvalue weighted by atomic mass is 32.2. The van der Waals surface area contributed by atoms with Crippen molar-refractivity contribution in [3.05, 3.63) is 84.6 Å². The Morgan fingerprint density at radius 3 is 2.61 bits per heavy atom. The van der Waals surface area contributed by atoms with Crippen molar-refractivity contribution in [3.63, 3.8) is 0 Å². The summed E-state index contributed by atoms with van der Waals surface area (Å²) in [6, 6.07) is 16.1. The van der Waals surface area contributed by atoms with Crippen LogP contribution in [0.3, 0.4) is 0 Å². The van der Waals surface area contributed by atoms with Crippen LogP contribution >= 0.6 is 11.8 Å². The number of amides is 4. The smallest absolute Gasteiger partial charge is 0.327 e. The Morgan fingerprint density at radius 2 is 1.85 bits per heavy atom. The molecule has 41 heavy (non-hydrogen) atoms. The van der Waals surface area contributed by atoms with Gasteiger partial charge in [0.15, 0.2) is 0 Å². The molecule has 4 amide bonds. The number of ether oxygens (including phenoxy) is 1. The lowest BCUT2D eigenvalue weighted by atomic mass is 9.90. The third-order valence-electron chi connectivity index (χ3n) is 7.70. The van der Waals surface area contributed by atoms with E-state index in [2.05, 4.69) is 27.5 Å². The molecule has 1 fully saturated rings. The van der Waals surface area contributed by atoms with Crippen LogP contribution in [0, 0.1) is 6.92 Å². The Balaban J connectivity index is 1.20. The molecular formula is C31H31N5O4S. The number of rotatable bonds is 7. The van der Waals surface area contributed by atoms with E-state index in [1.54, 1.807) is 11.1 Å². The van der Waals surface area contributed by atoms with Crippen LogP contribution in [0.5, 0.6) is 11.5 Å². The van der Waals surface area contributed by atoms with Gasteiger partial charge in [0.25, 0.3) is 0 Å². The summed E-state index contributed by atoms with van der Waals surface area (Å²) in [6.45, 7) is 5.45. The second-order valence-electron chi connectivity index (χ2n) is 10.5. The number of aryl methyl sites for hydroxylation is 1. The molecule has 3 N–H and O–H groups in total. The Kier molecular flexibility index (Phi) is 7.40. The number of aromatic nitrogens is 1. The quantitative estimate of drug-likeness (QED) is 0.334. The molecule has 9 nitrogen and oxygen atoms in total. The van der Waals surface area contributed by atoms with Crippen LogP contribution in [-0.4, -0.2) is 40.2 Å². The van der Waals surface area contributed by atoms with Crippen molar-refractivity contribution in [2.75, 3.05) is 4.90 Å². The number of para-hydroxylation sites is 1. The number of hydrogen-bond donors (Lipinski definition) is 3. The number of thioether (sulfide) groups is 1. The summed E-state index contributed by atoms with van der Waals surface area (Å²) in [7, 11) is 0. The lowest BCUT2D eigenvalue weighted by Gasteiger charge is -2.35. The Morgan fingerprint density at radius 1 is 1.07 bits per heavy atom. The number of carbonyl (C=O) groups is 3.